The highest BCUT2D eigenvalue weighted by atomic mass is 16.5. The molecule has 0 aliphatic carbocycles. The zero-order valence-corrected chi connectivity index (χ0v) is 11.3. The lowest BCUT2D eigenvalue weighted by Gasteiger charge is -2.38. The van der Waals surface area contributed by atoms with E-state index in [0.29, 0.717) is 13.2 Å². The molecule has 0 bridgehead atoms. The highest BCUT2D eigenvalue weighted by Gasteiger charge is 2.32. The van der Waals surface area contributed by atoms with Crippen LogP contribution in [0.2, 0.25) is 0 Å². The summed E-state index contributed by atoms with van der Waals surface area (Å²) in [5.74, 6) is 0.120. The normalized spacial score (nSPS) is 26.9. The number of amides is 1. The van der Waals surface area contributed by atoms with Gasteiger partial charge in [0, 0.05) is 19.6 Å². The summed E-state index contributed by atoms with van der Waals surface area (Å²) in [6.07, 6.45) is 0.619. The number of rotatable bonds is 1. The van der Waals surface area contributed by atoms with Crippen molar-refractivity contribution in [3.63, 3.8) is 0 Å². The third kappa shape index (κ3) is 2.38. The Bertz CT molecular complexity index is 469. The van der Waals surface area contributed by atoms with Crippen LogP contribution in [-0.4, -0.2) is 43.2 Å². The topological polar surface area (TPSA) is 41.6 Å². The van der Waals surface area contributed by atoms with Gasteiger partial charge in [-0.1, -0.05) is 24.3 Å². The molecule has 102 valence electrons. The van der Waals surface area contributed by atoms with Crippen molar-refractivity contribution >= 4 is 5.91 Å². The van der Waals surface area contributed by atoms with E-state index >= 15 is 0 Å². The molecule has 4 heteroatoms. The molecule has 1 amide bonds. The maximum Gasteiger partial charge on any atom is 0.253 e. The lowest BCUT2D eigenvalue weighted by atomic mass is 9.93. The lowest BCUT2D eigenvalue weighted by Crippen LogP contribution is -2.51. The highest BCUT2D eigenvalue weighted by Crippen LogP contribution is 2.29. The first-order chi connectivity index (χ1) is 9.27. The van der Waals surface area contributed by atoms with Gasteiger partial charge in [-0.05, 0) is 24.5 Å². The Kier molecular flexibility index (Phi) is 3.53. The minimum Gasteiger partial charge on any atom is -0.366 e. The van der Waals surface area contributed by atoms with Crippen LogP contribution in [-0.2, 0) is 16.0 Å². The van der Waals surface area contributed by atoms with Crippen LogP contribution in [0.25, 0.3) is 0 Å². The van der Waals surface area contributed by atoms with Crippen LogP contribution in [0.3, 0.4) is 0 Å². The highest BCUT2D eigenvalue weighted by molar-refractivity contribution is 5.82. The van der Waals surface area contributed by atoms with Crippen molar-refractivity contribution in [2.75, 3.05) is 26.2 Å². The van der Waals surface area contributed by atoms with E-state index in [0.717, 1.165) is 19.5 Å². The summed E-state index contributed by atoms with van der Waals surface area (Å²) in [5.41, 5.74) is 2.63. The SMILES string of the molecule is CC1c2ccccc2CCN1C(=O)C1CNCCO1. The molecule has 2 unspecified atom stereocenters. The Labute approximate surface area is 113 Å². The van der Waals surface area contributed by atoms with Crippen LogP contribution in [0, 0.1) is 0 Å². The molecule has 2 aliphatic rings. The lowest BCUT2D eigenvalue weighted by molar-refractivity contribution is -0.147. The number of morpholine rings is 1. The smallest absolute Gasteiger partial charge is 0.253 e. The Balaban J connectivity index is 1.77. The molecule has 0 radical (unpaired) electrons. The molecule has 4 nitrogen and oxygen atoms in total. The van der Waals surface area contributed by atoms with Crippen LogP contribution < -0.4 is 5.32 Å². The fourth-order valence-corrected chi connectivity index (χ4v) is 2.98. The van der Waals surface area contributed by atoms with E-state index < -0.39 is 0 Å². The Morgan fingerprint density at radius 3 is 3.05 bits per heavy atom. The van der Waals surface area contributed by atoms with Gasteiger partial charge in [-0.25, -0.2) is 0 Å². The van der Waals surface area contributed by atoms with E-state index in [1.54, 1.807) is 0 Å². The minimum atomic E-state index is -0.318. The summed E-state index contributed by atoms with van der Waals surface area (Å²) in [4.78, 5) is 14.5. The fraction of sp³-hybridized carbons (Fsp3) is 0.533. The van der Waals surface area contributed by atoms with Gasteiger partial charge >= 0.3 is 0 Å². The van der Waals surface area contributed by atoms with E-state index in [1.165, 1.54) is 11.1 Å². The number of nitrogens with zero attached hydrogens (tertiary/aromatic N) is 1. The number of benzene rings is 1. The molecule has 19 heavy (non-hydrogen) atoms. The second-order valence-electron chi connectivity index (χ2n) is 5.22. The Hall–Kier alpha value is -1.39. The molecule has 0 saturated carbocycles. The maximum atomic E-state index is 12.5. The van der Waals surface area contributed by atoms with E-state index in [-0.39, 0.29) is 18.1 Å². The predicted octanol–water partition coefficient (Wildman–Crippen LogP) is 1.12. The van der Waals surface area contributed by atoms with Crippen molar-refractivity contribution in [2.24, 2.45) is 0 Å². The fourth-order valence-electron chi connectivity index (χ4n) is 2.98. The molecular formula is C15H20N2O2. The van der Waals surface area contributed by atoms with E-state index in [2.05, 4.69) is 30.4 Å². The van der Waals surface area contributed by atoms with Crippen LogP contribution in [0.1, 0.15) is 24.1 Å². The first-order valence-electron chi connectivity index (χ1n) is 6.98. The number of ether oxygens (including phenoxy) is 1. The van der Waals surface area contributed by atoms with Gasteiger partial charge in [0.2, 0.25) is 0 Å². The second kappa shape index (κ2) is 5.31. The molecular weight excluding hydrogens is 240 g/mol. The zero-order valence-electron chi connectivity index (χ0n) is 11.3. The summed E-state index contributed by atoms with van der Waals surface area (Å²) in [7, 11) is 0. The first kappa shape index (κ1) is 12.6. The van der Waals surface area contributed by atoms with Gasteiger partial charge in [0.1, 0.15) is 6.10 Å². The standard InChI is InChI=1S/C15H20N2O2/c1-11-13-5-3-2-4-12(13)6-8-17(11)15(18)14-10-16-7-9-19-14/h2-5,11,14,16H,6-10H2,1H3. The number of hydrogen-bond acceptors (Lipinski definition) is 3. The van der Waals surface area contributed by atoms with E-state index in [4.69, 9.17) is 4.74 Å². The molecule has 0 aromatic heterocycles. The average Bonchev–Trinajstić information content (AvgIpc) is 2.48. The van der Waals surface area contributed by atoms with Crippen molar-refractivity contribution < 1.29 is 9.53 Å². The van der Waals surface area contributed by atoms with Gasteiger partial charge in [-0.3, -0.25) is 4.79 Å². The van der Waals surface area contributed by atoms with E-state index in [9.17, 15) is 4.79 Å². The molecule has 0 spiro atoms. The Morgan fingerprint density at radius 2 is 2.26 bits per heavy atom. The maximum absolute atomic E-state index is 12.5. The molecule has 2 aliphatic heterocycles. The third-order valence-electron chi connectivity index (χ3n) is 4.08. The number of nitrogens with one attached hydrogen (secondary N) is 1. The number of carbonyl (C=O) groups is 1. The van der Waals surface area contributed by atoms with E-state index in [1.807, 2.05) is 11.0 Å². The van der Waals surface area contributed by atoms with Gasteiger partial charge < -0.3 is 15.0 Å². The molecule has 2 heterocycles. The summed E-state index contributed by atoms with van der Waals surface area (Å²) >= 11 is 0. The van der Waals surface area contributed by atoms with Crippen molar-refractivity contribution in [1.82, 2.24) is 10.2 Å². The Morgan fingerprint density at radius 1 is 1.42 bits per heavy atom. The van der Waals surface area contributed by atoms with Gasteiger partial charge in [-0.15, -0.1) is 0 Å². The van der Waals surface area contributed by atoms with Crippen LogP contribution in [0.15, 0.2) is 24.3 Å². The molecule has 1 saturated heterocycles. The average molecular weight is 260 g/mol. The molecule has 1 N–H and O–H groups in total. The summed E-state index contributed by atoms with van der Waals surface area (Å²) in [6.45, 7) is 4.98. The minimum absolute atomic E-state index is 0.120. The predicted molar refractivity (Wildman–Crippen MR) is 72.9 cm³/mol. The largest absolute Gasteiger partial charge is 0.366 e. The second-order valence-corrected chi connectivity index (χ2v) is 5.22. The summed E-state index contributed by atoms with van der Waals surface area (Å²) in [5, 5.41) is 3.22. The van der Waals surface area contributed by atoms with Crippen LogP contribution in [0.4, 0.5) is 0 Å². The molecule has 1 aromatic carbocycles. The molecule has 2 atom stereocenters. The van der Waals surface area contributed by atoms with Gasteiger partial charge in [-0.2, -0.15) is 0 Å². The number of carbonyl (C=O) groups excluding carboxylic acids is 1. The molecule has 3 rings (SSSR count). The zero-order chi connectivity index (χ0) is 13.2. The van der Waals surface area contributed by atoms with Crippen molar-refractivity contribution in [3.05, 3.63) is 35.4 Å². The quantitative estimate of drug-likeness (QED) is 0.823. The van der Waals surface area contributed by atoms with Crippen molar-refractivity contribution in [2.45, 2.75) is 25.5 Å². The third-order valence-corrected chi connectivity index (χ3v) is 4.08. The van der Waals surface area contributed by atoms with Gasteiger partial charge in [0.15, 0.2) is 0 Å². The van der Waals surface area contributed by atoms with Crippen molar-refractivity contribution in [1.29, 1.82) is 0 Å². The summed E-state index contributed by atoms with van der Waals surface area (Å²) in [6, 6.07) is 8.54. The first-order valence-corrected chi connectivity index (χ1v) is 6.98. The summed E-state index contributed by atoms with van der Waals surface area (Å²) < 4.78 is 5.58. The van der Waals surface area contributed by atoms with Crippen molar-refractivity contribution in [3.8, 4) is 0 Å². The monoisotopic (exact) mass is 260 g/mol. The van der Waals surface area contributed by atoms with Crippen LogP contribution >= 0.6 is 0 Å². The van der Waals surface area contributed by atoms with Gasteiger partial charge in [0.25, 0.3) is 5.91 Å². The number of hydrogen-bond donors (Lipinski definition) is 1. The number of fused-ring (bicyclic) bond motifs is 1. The van der Waals surface area contributed by atoms with Gasteiger partial charge in [0.05, 0.1) is 12.6 Å². The molecule has 1 aromatic rings. The molecule has 1 fully saturated rings. The van der Waals surface area contributed by atoms with Crippen LogP contribution in [0.5, 0.6) is 0 Å².